The highest BCUT2D eigenvalue weighted by atomic mass is 32.2. The number of fused-ring (bicyclic) bond motifs is 1. The number of ether oxygens (including phenoxy) is 1. The molecule has 142 valence electrons. The van der Waals surface area contributed by atoms with Crippen molar-refractivity contribution in [1.29, 1.82) is 0 Å². The summed E-state index contributed by atoms with van der Waals surface area (Å²) in [5.41, 5.74) is 5.36. The van der Waals surface area contributed by atoms with Crippen molar-refractivity contribution in [2.24, 2.45) is 5.73 Å². The van der Waals surface area contributed by atoms with E-state index in [9.17, 15) is 14.4 Å². The number of rotatable bonds is 6. The van der Waals surface area contributed by atoms with Gasteiger partial charge in [-0.2, -0.15) is 0 Å². The van der Waals surface area contributed by atoms with E-state index in [4.69, 9.17) is 10.5 Å². The molecule has 3 rings (SSSR count). The molecule has 2 N–H and O–H groups in total. The largest absolute Gasteiger partial charge is 0.455 e. The van der Waals surface area contributed by atoms with Gasteiger partial charge in [-0.1, -0.05) is 30.3 Å². The fourth-order valence-electron chi connectivity index (χ4n) is 3.19. The number of hydrogen-bond donors (Lipinski definition) is 1. The van der Waals surface area contributed by atoms with Crippen molar-refractivity contribution in [2.75, 3.05) is 18.9 Å². The highest BCUT2D eigenvalue weighted by Crippen LogP contribution is 2.23. The third-order valence-electron chi connectivity index (χ3n) is 4.59. The second kappa shape index (κ2) is 8.90. The summed E-state index contributed by atoms with van der Waals surface area (Å²) in [6.45, 7) is 0.108. The lowest BCUT2D eigenvalue weighted by Crippen LogP contribution is -2.51. The van der Waals surface area contributed by atoms with Crippen LogP contribution in [0.5, 0.6) is 0 Å². The van der Waals surface area contributed by atoms with Gasteiger partial charge in [-0.05, 0) is 42.2 Å². The van der Waals surface area contributed by atoms with Gasteiger partial charge < -0.3 is 15.4 Å². The van der Waals surface area contributed by atoms with Crippen molar-refractivity contribution < 1.29 is 19.1 Å². The molecule has 7 heteroatoms. The van der Waals surface area contributed by atoms with Gasteiger partial charge in [0, 0.05) is 11.4 Å². The number of amides is 2. The maximum Gasteiger partial charge on any atom is 0.316 e. The van der Waals surface area contributed by atoms with Crippen molar-refractivity contribution in [3.63, 3.8) is 0 Å². The number of nitrogens with zero attached hydrogens (tertiary/aromatic N) is 1. The van der Waals surface area contributed by atoms with Crippen LogP contribution in [0.4, 0.5) is 0 Å². The number of esters is 1. The summed E-state index contributed by atoms with van der Waals surface area (Å²) in [6, 6.07) is 13.4. The van der Waals surface area contributed by atoms with E-state index in [1.54, 1.807) is 0 Å². The summed E-state index contributed by atoms with van der Waals surface area (Å²) >= 11 is 1.36. The van der Waals surface area contributed by atoms with Gasteiger partial charge in [-0.3, -0.25) is 14.4 Å². The third-order valence-corrected chi connectivity index (χ3v) is 5.55. The van der Waals surface area contributed by atoms with Gasteiger partial charge in [-0.25, -0.2) is 0 Å². The zero-order chi connectivity index (χ0) is 19.2. The van der Waals surface area contributed by atoms with Crippen molar-refractivity contribution in [2.45, 2.75) is 30.2 Å². The second-order valence-corrected chi connectivity index (χ2v) is 7.51. The Morgan fingerprint density at radius 1 is 1.11 bits per heavy atom. The van der Waals surface area contributed by atoms with Crippen LogP contribution in [0, 0.1) is 0 Å². The molecule has 2 amide bonds. The molecule has 1 fully saturated rings. The van der Waals surface area contributed by atoms with Crippen LogP contribution in [-0.4, -0.2) is 47.6 Å². The Labute approximate surface area is 162 Å². The van der Waals surface area contributed by atoms with Crippen LogP contribution < -0.4 is 5.73 Å². The second-order valence-electron chi connectivity index (χ2n) is 6.46. The number of thioether (sulfide) groups is 1. The highest BCUT2D eigenvalue weighted by Gasteiger charge is 2.30. The summed E-state index contributed by atoms with van der Waals surface area (Å²) in [5, 5.41) is 2.24. The van der Waals surface area contributed by atoms with E-state index in [2.05, 4.69) is 0 Å². The van der Waals surface area contributed by atoms with Gasteiger partial charge in [0.2, 0.25) is 5.91 Å². The molecule has 0 aromatic heterocycles. The molecule has 0 radical (unpaired) electrons. The first-order chi connectivity index (χ1) is 13.0. The summed E-state index contributed by atoms with van der Waals surface area (Å²) in [4.78, 5) is 38.1. The van der Waals surface area contributed by atoms with Crippen LogP contribution >= 0.6 is 11.8 Å². The van der Waals surface area contributed by atoms with Gasteiger partial charge in [-0.15, -0.1) is 11.8 Å². The van der Waals surface area contributed by atoms with Gasteiger partial charge in [0.15, 0.2) is 6.61 Å². The number of nitrogens with two attached hydrogens (primary N) is 1. The first kappa shape index (κ1) is 19.2. The quantitative estimate of drug-likeness (QED) is 0.608. The minimum Gasteiger partial charge on any atom is -0.455 e. The number of carbonyl (C=O) groups is 3. The molecule has 0 aliphatic carbocycles. The molecule has 0 unspecified atom stereocenters. The molecule has 27 heavy (non-hydrogen) atoms. The minimum absolute atomic E-state index is 0.116. The van der Waals surface area contributed by atoms with Crippen LogP contribution in [0.3, 0.4) is 0 Å². The Hall–Kier alpha value is -2.54. The monoisotopic (exact) mass is 386 g/mol. The van der Waals surface area contributed by atoms with Crippen LogP contribution in [0.1, 0.15) is 19.3 Å². The van der Waals surface area contributed by atoms with Crippen LogP contribution in [0.2, 0.25) is 0 Å². The zero-order valence-electron chi connectivity index (χ0n) is 14.9. The molecule has 0 spiro atoms. The average molecular weight is 386 g/mol. The fraction of sp³-hybridized carbons (Fsp3) is 0.350. The van der Waals surface area contributed by atoms with Crippen LogP contribution in [0.25, 0.3) is 10.8 Å². The van der Waals surface area contributed by atoms with Gasteiger partial charge >= 0.3 is 5.97 Å². The van der Waals surface area contributed by atoms with Gasteiger partial charge in [0.05, 0.1) is 5.75 Å². The molecule has 1 saturated heterocycles. The molecular weight excluding hydrogens is 364 g/mol. The normalized spacial score (nSPS) is 16.9. The Morgan fingerprint density at radius 2 is 1.89 bits per heavy atom. The number of hydrogen-bond acceptors (Lipinski definition) is 5. The number of primary amides is 1. The molecule has 0 saturated carbocycles. The van der Waals surface area contributed by atoms with Gasteiger partial charge in [0.1, 0.15) is 6.04 Å². The predicted octanol–water partition coefficient (Wildman–Crippen LogP) is 2.34. The van der Waals surface area contributed by atoms with Crippen LogP contribution in [0.15, 0.2) is 47.4 Å². The van der Waals surface area contributed by atoms with Crippen LogP contribution in [-0.2, 0) is 19.1 Å². The van der Waals surface area contributed by atoms with Crippen molar-refractivity contribution in [3.05, 3.63) is 42.5 Å². The summed E-state index contributed by atoms with van der Waals surface area (Å²) in [6.07, 6.45) is 2.24. The van der Waals surface area contributed by atoms with Crippen molar-refractivity contribution in [3.8, 4) is 0 Å². The van der Waals surface area contributed by atoms with E-state index in [1.165, 1.54) is 16.7 Å². The lowest BCUT2D eigenvalue weighted by Gasteiger charge is -2.33. The molecule has 1 atom stereocenters. The number of piperidine rings is 1. The van der Waals surface area contributed by atoms with E-state index < -0.39 is 17.9 Å². The standard InChI is InChI=1S/C20H22N2O4S/c21-20(25)17-7-3-4-10-22(17)18(23)12-26-19(24)13-27-16-9-8-14-5-1-2-6-15(14)11-16/h1-2,5-6,8-9,11,17H,3-4,7,10,12-13H2,(H2,21,25)/t17-/m0/s1. The average Bonchev–Trinajstić information content (AvgIpc) is 2.70. The molecule has 2 aromatic rings. The van der Waals surface area contributed by atoms with E-state index in [-0.39, 0.29) is 18.3 Å². The molecule has 6 nitrogen and oxygen atoms in total. The summed E-state index contributed by atoms with van der Waals surface area (Å²) in [5.74, 6) is -1.23. The predicted molar refractivity (Wildman–Crippen MR) is 104 cm³/mol. The number of benzene rings is 2. The maximum atomic E-state index is 12.3. The highest BCUT2D eigenvalue weighted by molar-refractivity contribution is 8.00. The zero-order valence-corrected chi connectivity index (χ0v) is 15.7. The summed E-state index contributed by atoms with van der Waals surface area (Å²) in [7, 11) is 0. The third kappa shape index (κ3) is 5.01. The number of likely N-dealkylation sites (tertiary alicyclic amines) is 1. The molecule has 2 aromatic carbocycles. The number of carbonyl (C=O) groups excluding carboxylic acids is 3. The van der Waals surface area contributed by atoms with E-state index in [1.807, 2.05) is 42.5 Å². The topological polar surface area (TPSA) is 89.7 Å². The molecule has 1 aliphatic heterocycles. The SMILES string of the molecule is NC(=O)[C@@H]1CCCCN1C(=O)COC(=O)CSc1ccc2ccccc2c1. The lowest BCUT2D eigenvalue weighted by atomic mass is 10.0. The van der Waals surface area contributed by atoms with Crippen molar-refractivity contribution >= 4 is 40.3 Å². The van der Waals surface area contributed by atoms with E-state index >= 15 is 0 Å². The first-order valence-electron chi connectivity index (χ1n) is 8.90. The van der Waals surface area contributed by atoms with Crippen molar-refractivity contribution in [1.82, 2.24) is 4.90 Å². The summed E-state index contributed by atoms with van der Waals surface area (Å²) < 4.78 is 5.09. The first-order valence-corrected chi connectivity index (χ1v) is 9.89. The Morgan fingerprint density at radius 3 is 2.67 bits per heavy atom. The van der Waals surface area contributed by atoms with E-state index in [0.717, 1.165) is 28.5 Å². The maximum absolute atomic E-state index is 12.3. The smallest absolute Gasteiger partial charge is 0.316 e. The molecular formula is C20H22N2O4S. The Kier molecular flexibility index (Phi) is 6.34. The Balaban J connectivity index is 1.48. The molecule has 1 aliphatic rings. The lowest BCUT2D eigenvalue weighted by molar-refractivity contribution is -0.153. The molecule has 1 heterocycles. The molecule has 0 bridgehead atoms. The fourth-order valence-corrected chi connectivity index (χ4v) is 3.93. The Bertz CT molecular complexity index is 855. The van der Waals surface area contributed by atoms with Gasteiger partial charge in [0.25, 0.3) is 5.91 Å². The minimum atomic E-state index is -0.600. The van der Waals surface area contributed by atoms with E-state index in [0.29, 0.717) is 13.0 Å².